The molecule has 0 bridgehead atoms. The zero-order valence-corrected chi connectivity index (χ0v) is 10.7. The second kappa shape index (κ2) is 4.20. The van der Waals surface area contributed by atoms with Crippen molar-refractivity contribution in [2.24, 2.45) is 0 Å². The van der Waals surface area contributed by atoms with Crippen LogP contribution in [0.2, 0.25) is 0 Å². The van der Waals surface area contributed by atoms with Crippen molar-refractivity contribution < 1.29 is 12.8 Å². The topological polar surface area (TPSA) is 34.1 Å². The van der Waals surface area contributed by atoms with E-state index >= 15 is 0 Å². The smallest absolute Gasteiger partial charge is 0.238 e. The molecule has 0 N–H and O–H groups in total. The first-order chi connectivity index (χ1) is 7.43. The number of alkyl halides is 1. The Morgan fingerprint density at radius 1 is 1.38 bits per heavy atom. The highest BCUT2D eigenvalue weighted by atomic mass is 35.7. The van der Waals surface area contributed by atoms with Gasteiger partial charge in [0.25, 0.3) is 9.05 Å². The van der Waals surface area contributed by atoms with Gasteiger partial charge in [-0.2, -0.15) is 11.8 Å². The van der Waals surface area contributed by atoms with E-state index in [0.717, 1.165) is 0 Å². The summed E-state index contributed by atoms with van der Waals surface area (Å²) in [6.45, 7) is 0. The summed E-state index contributed by atoms with van der Waals surface area (Å²) in [4.78, 5) is -0.110. The van der Waals surface area contributed by atoms with Crippen LogP contribution in [-0.2, 0) is 14.7 Å². The molecule has 0 saturated carbocycles. The summed E-state index contributed by atoms with van der Waals surface area (Å²) in [6, 6.07) is 6.03. The van der Waals surface area contributed by atoms with Crippen molar-refractivity contribution in [1.29, 1.82) is 0 Å². The summed E-state index contributed by atoms with van der Waals surface area (Å²) >= 11 is 1.48. The summed E-state index contributed by atoms with van der Waals surface area (Å²) < 4.78 is 37.2. The van der Waals surface area contributed by atoms with Crippen LogP contribution in [0.5, 0.6) is 0 Å². The Morgan fingerprint density at radius 3 is 2.62 bits per heavy atom. The van der Waals surface area contributed by atoms with Crippen LogP contribution in [0.4, 0.5) is 4.39 Å². The van der Waals surface area contributed by atoms with Gasteiger partial charge >= 0.3 is 0 Å². The van der Waals surface area contributed by atoms with Gasteiger partial charge in [-0.05, 0) is 18.2 Å². The lowest BCUT2D eigenvalue weighted by atomic mass is 9.95. The molecular formula is C10H10ClFO2S2. The number of rotatable bonds is 2. The molecule has 2 nitrogen and oxygen atoms in total. The molecule has 1 heterocycles. The van der Waals surface area contributed by atoms with E-state index in [2.05, 4.69) is 0 Å². The van der Waals surface area contributed by atoms with Gasteiger partial charge in [0, 0.05) is 22.0 Å². The van der Waals surface area contributed by atoms with Crippen molar-refractivity contribution in [1.82, 2.24) is 0 Å². The molecule has 1 aliphatic heterocycles. The highest BCUT2D eigenvalue weighted by Crippen LogP contribution is 2.43. The average molecular weight is 281 g/mol. The van der Waals surface area contributed by atoms with Gasteiger partial charge in [-0.25, -0.2) is 12.8 Å². The molecule has 1 aliphatic rings. The lowest BCUT2D eigenvalue weighted by Crippen LogP contribution is -2.21. The van der Waals surface area contributed by atoms with Crippen molar-refractivity contribution >= 4 is 31.5 Å². The molecule has 1 saturated heterocycles. The molecule has 6 heteroatoms. The standard InChI is InChI=1S/C10H10ClFO2S2/c11-16(13,14)9-4-2-1-3-8(9)10(12)5-6-15-7-10/h1-4H,5-7H2. The van der Waals surface area contributed by atoms with Gasteiger partial charge in [0.05, 0.1) is 4.90 Å². The molecule has 0 amide bonds. The maximum Gasteiger partial charge on any atom is 0.261 e. The largest absolute Gasteiger partial charge is 0.261 e. The fourth-order valence-corrected chi connectivity index (χ4v) is 4.20. The van der Waals surface area contributed by atoms with Crippen LogP contribution in [0.15, 0.2) is 29.2 Å². The number of hydrogen-bond donors (Lipinski definition) is 0. The van der Waals surface area contributed by atoms with E-state index in [1.54, 1.807) is 12.1 Å². The predicted molar refractivity (Wildman–Crippen MR) is 64.2 cm³/mol. The first-order valence-corrected chi connectivity index (χ1v) is 8.21. The number of benzene rings is 1. The van der Waals surface area contributed by atoms with E-state index in [9.17, 15) is 12.8 Å². The normalized spacial score (nSPS) is 25.9. The number of hydrogen-bond acceptors (Lipinski definition) is 3. The average Bonchev–Trinajstić information content (AvgIpc) is 2.65. The quantitative estimate of drug-likeness (QED) is 0.781. The molecule has 88 valence electrons. The predicted octanol–water partition coefficient (Wildman–Crippen LogP) is 2.92. The molecule has 1 aromatic carbocycles. The van der Waals surface area contributed by atoms with Crippen molar-refractivity contribution in [2.75, 3.05) is 11.5 Å². The van der Waals surface area contributed by atoms with Crippen LogP contribution in [0.1, 0.15) is 12.0 Å². The third kappa shape index (κ3) is 2.21. The van der Waals surface area contributed by atoms with Gasteiger partial charge in [-0.15, -0.1) is 0 Å². The molecule has 1 aromatic rings. The fraction of sp³-hybridized carbons (Fsp3) is 0.400. The van der Waals surface area contributed by atoms with Crippen LogP contribution in [0.25, 0.3) is 0 Å². The van der Waals surface area contributed by atoms with Gasteiger partial charge in [0.15, 0.2) is 0 Å². The van der Waals surface area contributed by atoms with Crippen molar-refractivity contribution in [3.63, 3.8) is 0 Å². The van der Waals surface area contributed by atoms with E-state index in [0.29, 0.717) is 12.2 Å². The number of halogens is 2. The Balaban J connectivity index is 2.57. The molecule has 0 spiro atoms. The van der Waals surface area contributed by atoms with E-state index in [-0.39, 0.29) is 16.2 Å². The highest BCUT2D eigenvalue weighted by molar-refractivity contribution is 8.13. The maximum absolute atomic E-state index is 14.5. The summed E-state index contributed by atoms with van der Waals surface area (Å²) in [5.74, 6) is 0.990. The van der Waals surface area contributed by atoms with Crippen LogP contribution in [0.3, 0.4) is 0 Å². The molecule has 1 atom stereocenters. The lowest BCUT2D eigenvalue weighted by Gasteiger charge is -2.20. The highest BCUT2D eigenvalue weighted by Gasteiger charge is 2.39. The van der Waals surface area contributed by atoms with Crippen LogP contribution < -0.4 is 0 Å². The molecule has 0 aromatic heterocycles. The third-order valence-corrected chi connectivity index (χ3v) is 5.14. The Bertz CT molecular complexity index is 495. The zero-order valence-electron chi connectivity index (χ0n) is 8.32. The molecule has 2 rings (SSSR count). The zero-order chi connectivity index (χ0) is 11.8. The molecule has 1 fully saturated rings. The second-order valence-electron chi connectivity index (χ2n) is 3.70. The van der Waals surface area contributed by atoms with Crippen molar-refractivity contribution in [2.45, 2.75) is 17.0 Å². The summed E-state index contributed by atoms with van der Waals surface area (Å²) in [7, 11) is 1.42. The minimum Gasteiger partial charge on any atom is -0.238 e. The summed E-state index contributed by atoms with van der Waals surface area (Å²) in [6.07, 6.45) is 0.334. The molecule has 1 unspecified atom stereocenters. The van der Waals surface area contributed by atoms with Gasteiger partial charge in [0.2, 0.25) is 0 Å². The Labute approximate surface area is 103 Å². The first kappa shape index (κ1) is 12.2. The van der Waals surface area contributed by atoms with E-state index in [1.165, 1.54) is 23.9 Å². The van der Waals surface area contributed by atoms with Gasteiger partial charge in [-0.1, -0.05) is 18.2 Å². The minimum absolute atomic E-state index is 0.110. The van der Waals surface area contributed by atoms with E-state index in [1.807, 2.05) is 0 Å². The maximum atomic E-state index is 14.5. The van der Waals surface area contributed by atoms with Crippen LogP contribution in [-0.4, -0.2) is 19.9 Å². The second-order valence-corrected chi connectivity index (χ2v) is 7.34. The van der Waals surface area contributed by atoms with E-state index < -0.39 is 14.7 Å². The molecular weight excluding hydrogens is 271 g/mol. The SMILES string of the molecule is O=S(=O)(Cl)c1ccccc1C1(F)CCSC1. The molecule has 16 heavy (non-hydrogen) atoms. The first-order valence-electron chi connectivity index (χ1n) is 4.74. The van der Waals surface area contributed by atoms with Crippen molar-refractivity contribution in [3.05, 3.63) is 29.8 Å². The monoisotopic (exact) mass is 280 g/mol. The Morgan fingerprint density at radius 2 is 2.06 bits per heavy atom. The summed E-state index contributed by atoms with van der Waals surface area (Å²) in [5, 5.41) is 0. The molecule has 0 radical (unpaired) electrons. The molecule has 0 aliphatic carbocycles. The number of thioether (sulfide) groups is 1. The Kier molecular flexibility index (Phi) is 3.20. The van der Waals surface area contributed by atoms with Crippen LogP contribution >= 0.6 is 22.4 Å². The third-order valence-electron chi connectivity index (χ3n) is 2.61. The lowest BCUT2D eigenvalue weighted by molar-refractivity contribution is 0.198. The van der Waals surface area contributed by atoms with Crippen molar-refractivity contribution in [3.8, 4) is 0 Å². The fourth-order valence-electron chi connectivity index (χ4n) is 1.80. The Hall–Kier alpha value is -0.260. The van der Waals surface area contributed by atoms with Gasteiger partial charge < -0.3 is 0 Å². The minimum atomic E-state index is -3.89. The van der Waals surface area contributed by atoms with Gasteiger partial charge in [-0.3, -0.25) is 0 Å². The van der Waals surface area contributed by atoms with Gasteiger partial charge in [0.1, 0.15) is 5.67 Å². The summed E-state index contributed by atoms with van der Waals surface area (Å²) in [5.41, 5.74) is -1.38. The van der Waals surface area contributed by atoms with E-state index in [4.69, 9.17) is 10.7 Å². The van der Waals surface area contributed by atoms with Crippen LogP contribution in [0, 0.1) is 0 Å².